The maximum absolute atomic E-state index is 12.7. The number of nitrogens with zero attached hydrogens (tertiary/aromatic N) is 2. The topological polar surface area (TPSA) is 75.9 Å². The Morgan fingerprint density at radius 1 is 1.24 bits per heavy atom. The number of hydrogen-bond donors (Lipinski definition) is 3. The largest absolute Gasteiger partial charge is 0.433 e. The van der Waals surface area contributed by atoms with Gasteiger partial charge in [0.1, 0.15) is 5.82 Å². The fraction of sp³-hybridized carbons (Fsp3) is 0.692. The van der Waals surface area contributed by atoms with Crippen LogP contribution in [0, 0.1) is 11.8 Å². The van der Waals surface area contributed by atoms with Crippen molar-refractivity contribution in [2.24, 2.45) is 17.7 Å². The molecule has 21 heavy (non-hydrogen) atoms. The van der Waals surface area contributed by atoms with E-state index in [-0.39, 0.29) is 11.8 Å². The Morgan fingerprint density at radius 3 is 2.48 bits per heavy atom. The van der Waals surface area contributed by atoms with Crippen LogP contribution in [-0.2, 0) is 6.18 Å². The SMILES string of the molecule is CC1CCC(CNc2cc(C(F)(F)F)nc(NN)n2)CC1. The van der Waals surface area contributed by atoms with Gasteiger partial charge < -0.3 is 5.32 Å². The van der Waals surface area contributed by atoms with Gasteiger partial charge >= 0.3 is 6.18 Å². The molecular weight excluding hydrogens is 283 g/mol. The monoisotopic (exact) mass is 303 g/mol. The number of aromatic nitrogens is 2. The maximum Gasteiger partial charge on any atom is 0.433 e. The Hall–Kier alpha value is -1.57. The molecule has 5 nitrogen and oxygen atoms in total. The molecule has 0 atom stereocenters. The molecular formula is C13H20F3N5. The van der Waals surface area contributed by atoms with Gasteiger partial charge in [-0.25, -0.2) is 10.8 Å². The van der Waals surface area contributed by atoms with E-state index in [0.717, 1.165) is 24.8 Å². The normalized spacial score (nSPS) is 22.9. The molecule has 0 spiro atoms. The minimum absolute atomic E-state index is 0.142. The van der Waals surface area contributed by atoms with Gasteiger partial charge in [-0.2, -0.15) is 18.2 Å². The van der Waals surface area contributed by atoms with Crippen LogP contribution in [-0.4, -0.2) is 16.5 Å². The van der Waals surface area contributed by atoms with Gasteiger partial charge in [-0.3, -0.25) is 5.43 Å². The van der Waals surface area contributed by atoms with Gasteiger partial charge in [0.2, 0.25) is 5.95 Å². The minimum atomic E-state index is -4.52. The summed E-state index contributed by atoms with van der Waals surface area (Å²) in [7, 11) is 0. The molecule has 0 unspecified atom stereocenters. The second-order valence-electron chi connectivity index (χ2n) is 5.61. The highest BCUT2D eigenvalue weighted by Crippen LogP contribution is 2.31. The van der Waals surface area contributed by atoms with E-state index in [4.69, 9.17) is 5.84 Å². The molecule has 1 aliphatic rings. The lowest BCUT2D eigenvalue weighted by atomic mass is 9.83. The molecule has 1 saturated carbocycles. The smallest absolute Gasteiger partial charge is 0.370 e. The number of halogens is 3. The van der Waals surface area contributed by atoms with Crippen molar-refractivity contribution in [2.45, 2.75) is 38.8 Å². The lowest BCUT2D eigenvalue weighted by molar-refractivity contribution is -0.141. The molecule has 1 heterocycles. The molecule has 4 N–H and O–H groups in total. The second kappa shape index (κ2) is 6.46. The highest BCUT2D eigenvalue weighted by atomic mass is 19.4. The first kappa shape index (κ1) is 15.8. The van der Waals surface area contributed by atoms with Gasteiger partial charge in [-0.05, 0) is 24.7 Å². The lowest BCUT2D eigenvalue weighted by Crippen LogP contribution is -2.22. The molecule has 0 radical (unpaired) electrons. The van der Waals surface area contributed by atoms with E-state index >= 15 is 0 Å². The Morgan fingerprint density at radius 2 is 1.90 bits per heavy atom. The Kier molecular flexibility index (Phi) is 4.87. The highest BCUT2D eigenvalue weighted by molar-refractivity contribution is 5.42. The zero-order valence-corrected chi connectivity index (χ0v) is 11.9. The predicted octanol–water partition coefficient (Wildman–Crippen LogP) is 3.02. The van der Waals surface area contributed by atoms with E-state index in [1.54, 1.807) is 0 Å². The molecule has 1 fully saturated rings. The number of anilines is 2. The summed E-state index contributed by atoms with van der Waals surface area (Å²) in [5.41, 5.74) is 1.05. The predicted molar refractivity (Wildman–Crippen MR) is 74.5 cm³/mol. The van der Waals surface area contributed by atoms with Gasteiger partial charge in [0.25, 0.3) is 0 Å². The van der Waals surface area contributed by atoms with Gasteiger partial charge in [0.05, 0.1) is 0 Å². The fourth-order valence-corrected chi connectivity index (χ4v) is 2.53. The van der Waals surface area contributed by atoms with Crippen LogP contribution in [0.3, 0.4) is 0 Å². The number of alkyl halides is 3. The minimum Gasteiger partial charge on any atom is -0.370 e. The average molecular weight is 303 g/mol. The van der Waals surface area contributed by atoms with Crippen LogP contribution in [0.15, 0.2) is 6.07 Å². The number of hydrogen-bond acceptors (Lipinski definition) is 5. The average Bonchev–Trinajstić information content (AvgIpc) is 2.45. The maximum atomic E-state index is 12.7. The third-order valence-corrected chi connectivity index (χ3v) is 3.85. The van der Waals surface area contributed by atoms with Crippen molar-refractivity contribution in [1.82, 2.24) is 9.97 Å². The second-order valence-corrected chi connectivity index (χ2v) is 5.61. The van der Waals surface area contributed by atoms with Crippen LogP contribution < -0.4 is 16.6 Å². The van der Waals surface area contributed by atoms with Crippen molar-refractivity contribution in [2.75, 3.05) is 17.3 Å². The van der Waals surface area contributed by atoms with Crippen LogP contribution in [0.5, 0.6) is 0 Å². The number of hydrazine groups is 1. The molecule has 0 saturated heterocycles. The van der Waals surface area contributed by atoms with Crippen LogP contribution in [0.4, 0.5) is 24.9 Å². The molecule has 1 aliphatic carbocycles. The molecule has 0 bridgehead atoms. The van der Waals surface area contributed by atoms with E-state index in [2.05, 4.69) is 27.6 Å². The summed E-state index contributed by atoms with van der Waals surface area (Å²) >= 11 is 0. The Balaban J connectivity index is 2.02. The molecule has 1 aromatic heterocycles. The van der Waals surface area contributed by atoms with Crippen molar-refractivity contribution in [1.29, 1.82) is 0 Å². The number of rotatable bonds is 4. The zero-order valence-electron chi connectivity index (χ0n) is 11.9. The van der Waals surface area contributed by atoms with Crippen LogP contribution in [0.25, 0.3) is 0 Å². The summed E-state index contributed by atoms with van der Waals surface area (Å²) in [6, 6.07) is 0.909. The molecule has 2 rings (SSSR count). The van der Waals surface area contributed by atoms with Crippen LogP contribution in [0.2, 0.25) is 0 Å². The molecule has 0 amide bonds. The first-order valence-electron chi connectivity index (χ1n) is 7.05. The molecule has 118 valence electrons. The number of nitrogen functional groups attached to an aromatic ring is 1. The third kappa shape index (κ3) is 4.45. The summed E-state index contributed by atoms with van der Waals surface area (Å²) < 4.78 is 38.2. The first-order valence-corrected chi connectivity index (χ1v) is 7.05. The first-order chi connectivity index (χ1) is 9.88. The van der Waals surface area contributed by atoms with Crippen molar-refractivity contribution in [3.05, 3.63) is 11.8 Å². The zero-order chi connectivity index (χ0) is 15.5. The van der Waals surface area contributed by atoms with E-state index in [1.165, 1.54) is 12.8 Å². The summed E-state index contributed by atoms with van der Waals surface area (Å²) in [5.74, 6) is 6.22. The lowest BCUT2D eigenvalue weighted by Gasteiger charge is -2.26. The summed E-state index contributed by atoms with van der Waals surface area (Å²) in [6.45, 7) is 2.84. The summed E-state index contributed by atoms with van der Waals surface area (Å²) in [5, 5.41) is 2.97. The van der Waals surface area contributed by atoms with Crippen molar-refractivity contribution < 1.29 is 13.2 Å². The standard InChI is InChI=1S/C13H20F3N5/c1-8-2-4-9(5-3-8)7-18-11-6-10(13(14,15)16)19-12(20-11)21-17/h6,8-9H,2-5,7,17H2,1H3,(H2,18,19,20,21). The number of nitrogens with one attached hydrogen (secondary N) is 2. The quantitative estimate of drug-likeness (QED) is 0.589. The van der Waals surface area contributed by atoms with Gasteiger partial charge in [-0.1, -0.05) is 19.8 Å². The molecule has 1 aromatic rings. The van der Waals surface area contributed by atoms with Crippen molar-refractivity contribution in [3.8, 4) is 0 Å². The van der Waals surface area contributed by atoms with Crippen LogP contribution >= 0.6 is 0 Å². The fourth-order valence-electron chi connectivity index (χ4n) is 2.53. The van der Waals surface area contributed by atoms with Gasteiger partial charge in [0.15, 0.2) is 5.69 Å². The van der Waals surface area contributed by atoms with E-state index in [9.17, 15) is 13.2 Å². The van der Waals surface area contributed by atoms with Crippen LogP contribution in [0.1, 0.15) is 38.3 Å². The third-order valence-electron chi connectivity index (χ3n) is 3.85. The van der Waals surface area contributed by atoms with Gasteiger partial charge in [-0.15, -0.1) is 0 Å². The summed E-state index contributed by atoms with van der Waals surface area (Å²) in [4.78, 5) is 7.22. The Labute approximate surface area is 121 Å². The number of nitrogens with two attached hydrogens (primary N) is 1. The van der Waals surface area contributed by atoms with Crippen molar-refractivity contribution in [3.63, 3.8) is 0 Å². The van der Waals surface area contributed by atoms with Crippen molar-refractivity contribution >= 4 is 11.8 Å². The summed E-state index contributed by atoms with van der Waals surface area (Å²) in [6.07, 6.45) is -0.00889. The highest BCUT2D eigenvalue weighted by Gasteiger charge is 2.33. The molecule has 8 heteroatoms. The molecule has 0 aliphatic heterocycles. The molecule has 0 aromatic carbocycles. The van der Waals surface area contributed by atoms with Gasteiger partial charge in [0, 0.05) is 12.6 Å². The van der Waals surface area contributed by atoms with E-state index < -0.39 is 11.9 Å². The van der Waals surface area contributed by atoms with E-state index in [1.807, 2.05) is 0 Å². The van der Waals surface area contributed by atoms with E-state index in [0.29, 0.717) is 12.5 Å². The Bertz CT molecular complexity index is 469.